The average Bonchev–Trinajstić information content (AvgIpc) is 3.28. The number of amides is 1. The summed E-state index contributed by atoms with van der Waals surface area (Å²) in [6.07, 6.45) is 1.38. The molecule has 1 aliphatic heterocycles. The van der Waals surface area contributed by atoms with E-state index in [1.807, 2.05) is 0 Å². The van der Waals surface area contributed by atoms with E-state index in [4.69, 9.17) is 0 Å². The summed E-state index contributed by atoms with van der Waals surface area (Å²) >= 11 is 0. The molecule has 4 rings (SSSR count). The minimum absolute atomic E-state index is 0.0506. The van der Waals surface area contributed by atoms with Crippen molar-refractivity contribution in [2.24, 2.45) is 5.41 Å². The molecule has 1 saturated carbocycles. The second kappa shape index (κ2) is 6.90. The molecular formula is C22H21F4NO. The Kier molecular flexibility index (Phi) is 4.68. The first-order valence-electron chi connectivity index (χ1n) is 9.46. The summed E-state index contributed by atoms with van der Waals surface area (Å²) in [4.78, 5) is 13.8. The van der Waals surface area contributed by atoms with E-state index in [1.165, 1.54) is 13.0 Å². The van der Waals surface area contributed by atoms with Gasteiger partial charge in [-0.05, 0) is 61.3 Å². The molecule has 2 nitrogen and oxygen atoms in total. The molecule has 28 heavy (non-hydrogen) atoms. The lowest BCUT2D eigenvalue weighted by Crippen LogP contribution is -2.41. The van der Waals surface area contributed by atoms with Crippen molar-refractivity contribution in [2.45, 2.75) is 44.8 Å². The molecule has 1 heterocycles. The molecule has 148 valence electrons. The van der Waals surface area contributed by atoms with Gasteiger partial charge < -0.3 is 4.90 Å². The van der Waals surface area contributed by atoms with Crippen LogP contribution >= 0.6 is 0 Å². The van der Waals surface area contributed by atoms with Crippen molar-refractivity contribution in [3.8, 4) is 11.1 Å². The molecule has 1 spiro atoms. The first-order valence-corrected chi connectivity index (χ1v) is 9.46. The number of hydrogen-bond acceptors (Lipinski definition) is 1. The maximum Gasteiger partial charge on any atom is 0.257 e. The van der Waals surface area contributed by atoms with Gasteiger partial charge in [0.05, 0.1) is 0 Å². The molecule has 2 aliphatic rings. The first kappa shape index (κ1) is 19.0. The van der Waals surface area contributed by atoms with E-state index >= 15 is 4.39 Å². The van der Waals surface area contributed by atoms with Crippen molar-refractivity contribution in [3.63, 3.8) is 0 Å². The van der Waals surface area contributed by atoms with Gasteiger partial charge in [-0.2, -0.15) is 0 Å². The fourth-order valence-electron chi connectivity index (χ4n) is 4.30. The number of carbonyl (C=O) groups is 1. The zero-order valence-corrected chi connectivity index (χ0v) is 15.5. The van der Waals surface area contributed by atoms with Crippen molar-refractivity contribution >= 4 is 5.91 Å². The highest BCUT2D eigenvalue weighted by Crippen LogP contribution is 2.55. The van der Waals surface area contributed by atoms with E-state index in [-0.39, 0.29) is 29.0 Å². The Bertz CT molecular complexity index is 902. The highest BCUT2D eigenvalue weighted by atomic mass is 19.1. The highest BCUT2D eigenvalue weighted by Gasteiger charge is 2.53. The van der Waals surface area contributed by atoms with E-state index in [0.29, 0.717) is 12.1 Å². The molecule has 1 saturated heterocycles. The van der Waals surface area contributed by atoms with Gasteiger partial charge >= 0.3 is 0 Å². The summed E-state index contributed by atoms with van der Waals surface area (Å²) in [5, 5.41) is 0. The predicted molar refractivity (Wildman–Crippen MR) is 97.8 cm³/mol. The molecular weight excluding hydrogens is 370 g/mol. The Balaban J connectivity index is 1.64. The van der Waals surface area contributed by atoms with Gasteiger partial charge in [0.1, 0.15) is 17.5 Å². The maximum atomic E-state index is 15.1. The molecule has 2 fully saturated rings. The fraction of sp³-hybridized carbons (Fsp3) is 0.409. The number of alkyl halides is 1. The Morgan fingerprint density at radius 2 is 1.86 bits per heavy atom. The quantitative estimate of drug-likeness (QED) is 0.668. The largest absolute Gasteiger partial charge is 0.336 e. The molecule has 2 aromatic rings. The van der Waals surface area contributed by atoms with Crippen LogP contribution in [-0.4, -0.2) is 29.6 Å². The van der Waals surface area contributed by atoms with Gasteiger partial charge in [0.25, 0.3) is 5.91 Å². The van der Waals surface area contributed by atoms with Crippen LogP contribution in [0.5, 0.6) is 0 Å². The Morgan fingerprint density at radius 3 is 2.46 bits per heavy atom. The summed E-state index contributed by atoms with van der Waals surface area (Å²) in [5.74, 6) is -2.68. The van der Waals surface area contributed by atoms with Gasteiger partial charge in [0.2, 0.25) is 0 Å². The number of rotatable bonds is 4. The first-order chi connectivity index (χ1) is 13.3. The van der Waals surface area contributed by atoms with Gasteiger partial charge in [-0.3, -0.25) is 4.79 Å². The van der Waals surface area contributed by atoms with Crippen molar-refractivity contribution in [1.29, 1.82) is 0 Å². The third-order valence-electron chi connectivity index (χ3n) is 5.90. The highest BCUT2D eigenvalue weighted by molar-refractivity contribution is 5.81. The van der Waals surface area contributed by atoms with Gasteiger partial charge in [-0.1, -0.05) is 18.2 Å². The Labute approximate surface area is 161 Å². The van der Waals surface area contributed by atoms with Crippen LogP contribution in [0, 0.1) is 22.9 Å². The Hall–Kier alpha value is -2.37. The maximum absolute atomic E-state index is 15.1. The summed E-state index contributed by atoms with van der Waals surface area (Å²) in [5.41, 5.74) is 0.628. The zero-order valence-electron chi connectivity index (χ0n) is 15.5. The van der Waals surface area contributed by atoms with Crippen molar-refractivity contribution in [2.75, 3.05) is 6.54 Å². The number of halogens is 4. The molecule has 0 bridgehead atoms. The van der Waals surface area contributed by atoms with Crippen LogP contribution in [0.3, 0.4) is 0 Å². The molecule has 2 aromatic carbocycles. The monoisotopic (exact) mass is 391 g/mol. The van der Waals surface area contributed by atoms with E-state index in [2.05, 4.69) is 0 Å². The van der Waals surface area contributed by atoms with Crippen LogP contribution in [0.1, 0.15) is 31.7 Å². The van der Waals surface area contributed by atoms with Crippen LogP contribution in [0.15, 0.2) is 36.4 Å². The number of likely N-dealkylation sites (tertiary alicyclic amines) is 1. The molecule has 1 amide bonds. The summed E-state index contributed by atoms with van der Waals surface area (Å²) in [6.45, 7) is 1.73. The molecule has 0 radical (unpaired) electrons. The SMILES string of the molecule is C[C@@H](F)C(=O)N1CC2(CC2)C[C@@H]1Cc1cccc(-c2cc(F)cc(F)c2)c1F. The lowest BCUT2D eigenvalue weighted by molar-refractivity contribution is -0.136. The molecule has 0 N–H and O–H groups in total. The van der Waals surface area contributed by atoms with Crippen molar-refractivity contribution < 1.29 is 22.4 Å². The number of hydrogen-bond donors (Lipinski definition) is 0. The molecule has 1 aliphatic carbocycles. The Morgan fingerprint density at radius 1 is 1.18 bits per heavy atom. The lowest BCUT2D eigenvalue weighted by Gasteiger charge is -2.25. The van der Waals surface area contributed by atoms with Crippen LogP contribution in [0.4, 0.5) is 17.6 Å². The molecule has 2 atom stereocenters. The number of carbonyl (C=O) groups excluding carboxylic acids is 1. The van der Waals surface area contributed by atoms with E-state index < -0.39 is 29.5 Å². The summed E-state index contributed by atoms with van der Waals surface area (Å²) in [7, 11) is 0. The smallest absolute Gasteiger partial charge is 0.257 e. The van der Waals surface area contributed by atoms with Crippen LogP contribution in [0.2, 0.25) is 0 Å². The van der Waals surface area contributed by atoms with Crippen molar-refractivity contribution in [3.05, 3.63) is 59.4 Å². The van der Waals surface area contributed by atoms with E-state index in [9.17, 15) is 18.0 Å². The van der Waals surface area contributed by atoms with Crippen LogP contribution in [-0.2, 0) is 11.2 Å². The average molecular weight is 391 g/mol. The lowest BCUT2D eigenvalue weighted by atomic mass is 9.95. The second-order valence-corrected chi connectivity index (χ2v) is 8.08. The minimum Gasteiger partial charge on any atom is -0.336 e. The fourth-order valence-corrected chi connectivity index (χ4v) is 4.30. The molecule has 0 unspecified atom stereocenters. The van der Waals surface area contributed by atoms with Gasteiger partial charge in [0, 0.05) is 24.2 Å². The van der Waals surface area contributed by atoms with E-state index in [1.54, 1.807) is 17.0 Å². The topological polar surface area (TPSA) is 20.3 Å². The number of benzene rings is 2. The van der Waals surface area contributed by atoms with Gasteiger partial charge in [-0.15, -0.1) is 0 Å². The second-order valence-electron chi connectivity index (χ2n) is 8.08. The minimum atomic E-state index is -1.59. The predicted octanol–water partition coefficient (Wildman–Crippen LogP) is 5.05. The normalized spacial score (nSPS) is 21.2. The van der Waals surface area contributed by atoms with E-state index in [0.717, 1.165) is 37.5 Å². The molecule has 6 heteroatoms. The van der Waals surface area contributed by atoms with Crippen LogP contribution < -0.4 is 0 Å². The van der Waals surface area contributed by atoms with Crippen molar-refractivity contribution in [1.82, 2.24) is 4.90 Å². The molecule has 0 aromatic heterocycles. The van der Waals surface area contributed by atoms with Crippen LogP contribution in [0.25, 0.3) is 11.1 Å². The zero-order chi connectivity index (χ0) is 20.1. The summed E-state index contributed by atoms with van der Waals surface area (Å²) in [6, 6.07) is 7.33. The standard InChI is InChI=1S/C22H21F4NO/c1-13(23)21(28)27-12-22(5-6-22)11-18(27)9-14-3-2-4-19(20(14)26)15-7-16(24)10-17(25)8-15/h2-4,7-8,10,13,18H,5-6,9,11-12H2,1H3/t13-,18+/m1/s1. The van der Waals surface area contributed by atoms with Gasteiger partial charge in [-0.25, -0.2) is 17.6 Å². The van der Waals surface area contributed by atoms with Gasteiger partial charge in [0.15, 0.2) is 6.17 Å². The third kappa shape index (κ3) is 3.52. The number of nitrogens with zero attached hydrogens (tertiary/aromatic N) is 1. The third-order valence-corrected chi connectivity index (χ3v) is 5.90. The summed E-state index contributed by atoms with van der Waals surface area (Å²) < 4.78 is 55.9.